The Labute approximate surface area is 201 Å². The third kappa shape index (κ3) is 5.30. The summed E-state index contributed by atoms with van der Waals surface area (Å²) in [5, 5.41) is 11.5. The van der Waals surface area contributed by atoms with E-state index in [4.69, 9.17) is 9.47 Å². The van der Waals surface area contributed by atoms with Gasteiger partial charge < -0.3 is 19.5 Å². The van der Waals surface area contributed by atoms with Gasteiger partial charge in [-0.05, 0) is 55.5 Å². The molecule has 1 amide bonds. The van der Waals surface area contributed by atoms with Crippen molar-refractivity contribution in [3.63, 3.8) is 0 Å². The Morgan fingerprint density at radius 3 is 2.50 bits per heavy atom. The number of aliphatic hydroxyl groups is 1. The van der Waals surface area contributed by atoms with Crippen molar-refractivity contribution in [1.82, 2.24) is 9.88 Å². The van der Waals surface area contributed by atoms with E-state index in [1.165, 1.54) is 12.0 Å². The molecule has 1 aromatic carbocycles. The first-order valence-electron chi connectivity index (χ1n) is 11.6. The highest BCUT2D eigenvalue weighted by Gasteiger charge is 2.46. The summed E-state index contributed by atoms with van der Waals surface area (Å²) in [4.78, 5) is 32.2. The molecule has 182 valence electrons. The van der Waals surface area contributed by atoms with Gasteiger partial charge in [-0.15, -0.1) is 0 Å². The van der Waals surface area contributed by atoms with Crippen molar-refractivity contribution in [3.8, 4) is 5.75 Å². The van der Waals surface area contributed by atoms with Gasteiger partial charge in [0.05, 0.1) is 30.0 Å². The van der Waals surface area contributed by atoms with Crippen LogP contribution in [-0.4, -0.2) is 53.0 Å². The van der Waals surface area contributed by atoms with Crippen LogP contribution in [0.5, 0.6) is 5.75 Å². The van der Waals surface area contributed by atoms with Crippen molar-refractivity contribution in [1.29, 1.82) is 0 Å². The Kier molecular flexibility index (Phi) is 7.77. The number of carbonyl (C=O) groups is 2. The van der Waals surface area contributed by atoms with Crippen molar-refractivity contribution in [2.24, 2.45) is 0 Å². The number of methoxy groups -OCH3 is 1. The van der Waals surface area contributed by atoms with E-state index in [1.807, 2.05) is 26.0 Å². The number of ketones is 1. The van der Waals surface area contributed by atoms with Gasteiger partial charge in [-0.2, -0.15) is 0 Å². The fourth-order valence-electron chi connectivity index (χ4n) is 4.01. The zero-order valence-corrected chi connectivity index (χ0v) is 20.8. The molecule has 1 atom stereocenters. The maximum Gasteiger partial charge on any atom is 0.295 e. The Morgan fingerprint density at radius 1 is 1.18 bits per heavy atom. The maximum absolute atomic E-state index is 13.2. The van der Waals surface area contributed by atoms with Gasteiger partial charge in [0.25, 0.3) is 11.7 Å². The first-order valence-corrected chi connectivity index (χ1v) is 11.6. The molecule has 1 unspecified atom stereocenters. The summed E-state index contributed by atoms with van der Waals surface area (Å²) in [6.07, 6.45) is 2.24. The van der Waals surface area contributed by atoms with Gasteiger partial charge in [0.15, 0.2) is 0 Å². The second-order valence-electron chi connectivity index (χ2n) is 9.69. The Hall–Kier alpha value is -3.19. The quantitative estimate of drug-likeness (QED) is 0.264. The van der Waals surface area contributed by atoms with Gasteiger partial charge in [0, 0.05) is 19.3 Å². The molecule has 7 nitrogen and oxygen atoms in total. The lowest BCUT2D eigenvalue weighted by Gasteiger charge is -2.25. The van der Waals surface area contributed by atoms with Crippen molar-refractivity contribution in [2.75, 3.05) is 20.3 Å². The number of nitrogens with zero attached hydrogens (tertiary/aromatic N) is 2. The van der Waals surface area contributed by atoms with Gasteiger partial charge in [0.2, 0.25) is 0 Å². The molecule has 1 aliphatic heterocycles. The summed E-state index contributed by atoms with van der Waals surface area (Å²) < 4.78 is 11.1. The summed E-state index contributed by atoms with van der Waals surface area (Å²) in [5.74, 6) is -1.24. The SMILES string of the molecule is COc1ccc(C(C)(C)C)cc1/C(O)=C1\C(=O)C(=O)N(CCCOC(C)C)C1c1ccccn1. The third-order valence-electron chi connectivity index (χ3n) is 5.82. The van der Waals surface area contributed by atoms with Crippen LogP contribution in [0.2, 0.25) is 0 Å². The smallest absolute Gasteiger partial charge is 0.295 e. The van der Waals surface area contributed by atoms with Crippen molar-refractivity contribution in [3.05, 3.63) is 65.0 Å². The molecule has 0 saturated carbocycles. The Balaban J connectivity index is 2.12. The van der Waals surface area contributed by atoms with Crippen LogP contribution in [0.25, 0.3) is 5.76 Å². The highest BCUT2D eigenvalue weighted by atomic mass is 16.5. The van der Waals surface area contributed by atoms with Crippen LogP contribution >= 0.6 is 0 Å². The van der Waals surface area contributed by atoms with E-state index in [2.05, 4.69) is 25.8 Å². The first kappa shape index (κ1) is 25.4. The van der Waals surface area contributed by atoms with Crippen LogP contribution in [0.1, 0.15) is 63.9 Å². The van der Waals surface area contributed by atoms with Gasteiger partial charge in [0.1, 0.15) is 17.6 Å². The molecule has 2 aromatic rings. The van der Waals surface area contributed by atoms with Crippen LogP contribution in [0.4, 0.5) is 0 Å². The molecule has 1 N–H and O–H groups in total. The van der Waals surface area contributed by atoms with E-state index >= 15 is 0 Å². The summed E-state index contributed by atoms with van der Waals surface area (Å²) in [7, 11) is 1.51. The van der Waals surface area contributed by atoms with Crippen LogP contribution in [0.3, 0.4) is 0 Å². The number of amides is 1. The topological polar surface area (TPSA) is 89.0 Å². The van der Waals surface area contributed by atoms with Crippen LogP contribution < -0.4 is 4.74 Å². The minimum atomic E-state index is -0.803. The second kappa shape index (κ2) is 10.4. The number of rotatable bonds is 8. The molecule has 1 saturated heterocycles. The highest BCUT2D eigenvalue weighted by molar-refractivity contribution is 6.46. The van der Waals surface area contributed by atoms with Crippen LogP contribution in [0, 0.1) is 0 Å². The lowest BCUT2D eigenvalue weighted by molar-refractivity contribution is -0.140. The number of Topliss-reactive ketones (excluding diaryl/α,β-unsaturated/α-hetero) is 1. The Bertz CT molecular complexity index is 1070. The summed E-state index contributed by atoms with van der Waals surface area (Å²) in [6, 6.07) is 10.0. The average molecular weight is 467 g/mol. The van der Waals surface area contributed by atoms with Gasteiger partial charge in [-0.3, -0.25) is 14.6 Å². The number of ether oxygens (including phenoxy) is 2. The molecule has 0 radical (unpaired) electrons. The molecule has 0 aliphatic carbocycles. The first-order chi connectivity index (χ1) is 16.1. The van der Waals surface area contributed by atoms with E-state index in [0.29, 0.717) is 36.6 Å². The molecule has 1 fully saturated rings. The third-order valence-corrected chi connectivity index (χ3v) is 5.82. The highest BCUT2D eigenvalue weighted by Crippen LogP contribution is 2.41. The summed E-state index contributed by atoms with van der Waals surface area (Å²) in [5.41, 5.74) is 1.67. The average Bonchev–Trinajstić information content (AvgIpc) is 3.05. The van der Waals surface area contributed by atoms with E-state index < -0.39 is 17.7 Å². The second-order valence-corrected chi connectivity index (χ2v) is 9.69. The lowest BCUT2D eigenvalue weighted by atomic mass is 9.85. The van der Waals surface area contributed by atoms with E-state index in [0.717, 1.165) is 5.56 Å². The number of aromatic nitrogens is 1. The summed E-state index contributed by atoms with van der Waals surface area (Å²) in [6.45, 7) is 10.8. The van der Waals surface area contributed by atoms with Crippen molar-refractivity contribution >= 4 is 17.4 Å². The molecule has 1 aromatic heterocycles. The predicted molar refractivity (Wildman–Crippen MR) is 131 cm³/mol. The molecule has 1 aliphatic rings. The largest absolute Gasteiger partial charge is 0.507 e. The lowest BCUT2D eigenvalue weighted by Crippen LogP contribution is -2.31. The van der Waals surface area contributed by atoms with Gasteiger partial charge >= 0.3 is 0 Å². The predicted octanol–water partition coefficient (Wildman–Crippen LogP) is 4.62. The number of benzene rings is 1. The number of carbonyl (C=O) groups excluding carboxylic acids is 2. The van der Waals surface area contributed by atoms with Crippen LogP contribution in [0.15, 0.2) is 48.2 Å². The Morgan fingerprint density at radius 2 is 1.91 bits per heavy atom. The number of pyridine rings is 1. The van der Waals surface area contributed by atoms with Crippen molar-refractivity contribution in [2.45, 2.75) is 58.6 Å². The van der Waals surface area contributed by atoms with Gasteiger partial charge in [-0.1, -0.05) is 32.9 Å². The monoisotopic (exact) mass is 466 g/mol. The minimum Gasteiger partial charge on any atom is -0.507 e. The number of likely N-dealkylation sites (tertiary alicyclic amines) is 1. The molecular weight excluding hydrogens is 432 g/mol. The minimum absolute atomic E-state index is 0.0119. The zero-order chi connectivity index (χ0) is 25.0. The van der Waals surface area contributed by atoms with E-state index in [1.54, 1.807) is 30.5 Å². The van der Waals surface area contributed by atoms with Crippen LogP contribution in [-0.2, 0) is 19.7 Å². The maximum atomic E-state index is 13.2. The number of hydrogen-bond acceptors (Lipinski definition) is 6. The summed E-state index contributed by atoms with van der Waals surface area (Å²) >= 11 is 0. The molecule has 3 rings (SSSR count). The molecule has 7 heteroatoms. The van der Waals surface area contributed by atoms with Gasteiger partial charge in [-0.25, -0.2) is 0 Å². The fraction of sp³-hybridized carbons (Fsp3) is 0.444. The number of aliphatic hydroxyl groups excluding tert-OH is 1. The molecule has 2 heterocycles. The van der Waals surface area contributed by atoms with E-state index in [9.17, 15) is 14.7 Å². The fourth-order valence-corrected chi connectivity index (χ4v) is 4.01. The standard InChI is InChI=1S/C27H34N2O5/c1-17(2)34-15-9-14-29-23(20-10-7-8-13-28-20)22(25(31)26(29)32)24(30)19-16-18(27(3,4)5)11-12-21(19)33-6/h7-8,10-13,16-17,23,30H,9,14-15H2,1-6H3/b24-22+. The molecular formula is C27H34N2O5. The number of hydrogen-bond donors (Lipinski definition) is 1. The normalized spacial score (nSPS) is 18.1. The molecule has 34 heavy (non-hydrogen) atoms. The molecule has 0 spiro atoms. The zero-order valence-electron chi connectivity index (χ0n) is 20.8. The molecule has 0 bridgehead atoms. The van der Waals surface area contributed by atoms with E-state index in [-0.39, 0.29) is 22.9 Å². The van der Waals surface area contributed by atoms with Crippen molar-refractivity contribution < 1.29 is 24.2 Å².